The summed E-state index contributed by atoms with van der Waals surface area (Å²) in [5.74, 6) is 0.332. The largest absolute Gasteiger partial charge is 0.511 e. The quantitative estimate of drug-likeness (QED) is 0.540. The molecule has 3 heteroatoms. The molecule has 0 aliphatic rings. The van der Waals surface area contributed by atoms with Crippen molar-refractivity contribution in [3.63, 3.8) is 0 Å². The van der Waals surface area contributed by atoms with Gasteiger partial charge in [0.15, 0.2) is 0 Å². The summed E-state index contributed by atoms with van der Waals surface area (Å²) in [7, 11) is 0. The average molecular weight is 290 g/mol. The van der Waals surface area contributed by atoms with E-state index in [1.165, 1.54) is 0 Å². The van der Waals surface area contributed by atoms with Gasteiger partial charge in [0.05, 0.1) is 0 Å². The number of rotatable bonds is 3. The predicted octanol–water partition coefficient (Wildman–Crippen LogP) is 5.08. The molecule has 0 spiro atoms. The molecule has 0 fully saturated rings. The second kappa shape index (κ2) is 6.14. The molecule has 1 N–H and O–H groups in total. The molecule has 0 saturated carbocycles. The van der Waals surface area contributed by atoms with Crippen molar-refractivity contribution < 1.29 is 14.6 Å². The van der Waals surface area contributed by atoms with Crippen molar-refractivity contribution in [2.75, 3.05) is 0 Å². The highest BCUT2D eigenvalue weighted by Crippen LogP contribution is 2.34. The molecule has 22 heavy (non-hydrogen) atoms. The maximum Gasteiger partial charge on any atom is 0.511 e. The van der Waals surface area contributed by atoms with Crippen LogP contribution in [-0.4, -0.2) is 11.3 Å². The van der Waals surface area contributed by atoms with E-state index in [2.05, 4.69) is 0 Å². The van der Waals surface area contributed by atoms with E-state index in [0.29, 0.717) is 5.75 Å². The van der Waals surface area contributed by atoms with Crippen molar-refractivity contribution in [2.45, 2.75) is 0 Å². The zero-order valence-electron chi connectivity index (χ0n) is 11.8. The Morgan fingerprint density at radius 1 is 0.727 bits per heavy atom. The average Bonchev–Trinajstić information content (AvgIpc) is 2.56. The zero-order chi connectivity index (χ0) is 15.4. The fourth-order valence-electron chi connectivity index (χ4n) is 2.37. The maximum absolute atomic E-state index is 10.9. The van der Waals surface area contributed by atoms with Crippen LogP contribution in [0.3, 0.4) is 0 Å². The van der Waals surface area contributed by atoms with Crippen LogP contribution in [0.5, 0.6) is 5.75 Å². The van der Waals surface area contributed by atoms with Crippen LogP contribution in [0.1, 0.15) is 0 Å². The standard InChI is InChI=1S/C19H14O3/c20-19(21)22-18-12-11-16(14-7-3-1-4-8-14)13-17(18)15-9-5-2-6-10-15/h1-13H,(H,20,21). The minimum atomic E-state index is -1.32. The summed E-state index contributed by atoms with van der Waals surface area (Å²) in [6.45, 7) is 0. The van der Waals surface area contributed by atoms with Gasteiger partial charge in [-0.2, -0.15) is 0 Å². The van der Waals surface area contributed by atoms with Gasteiger partial charge in [0.25, 0.3) is 0 Å². The lowest BCUT2D eigenvalue weighted by Crippen LogP contribution is -2.04. The van der Waals surface area contributed by atoms with E-state index in [9.17, 15) is 4.79 Å². The van der Waals surface area contributed by atoms with Crippen molar-refractivity contribution >= 4 is 6.16 Å². The summed E-state index contributed by atoms with van der Waals surface area (Å²) in [4.78, 5) is 10.9. The third kappa shape index (κ3) is 2.99. The van der Waals surface area contributed by atoms with Gasteiger partial charge in [0.1, 0.15) is 5.75 Å². The molecule has 0 unspecified atom stereocenters. The number of hydrogen-bond donors (Lipinski definition) is 1. The number of hydrogen-bond acceptors (Lipinski definition) is 2. The van der Waals surface area contributed by atoms with Crippen molar-refractivity contribution in [3.8, 4) is 28.0 Å². The Morgan fingerprint density at radius 2 is 1.32 bits per heavy atom. The molecule has 0 aliphatic heterocycles. The highest BCUT2D eigenvalue weighted by molar-refractivity contribution is 5.79. The van der Waals surface area contributed by atoms with Gasteiger partial charge in [0.2, 0.25) is 0 Å². The summed E-state index contributed by atoms with van der Waals surface area (Å²) in [6.07, 6.45) is -1.32. The lowest BCUT2D eigenvalue weighted by molar-refractivity contribution is 0.144. The first-order valence-electron chi connectivity index (χ1n) is 6.90. The summed E-state index contributed by atoms with van der Waals surface area (Å²) >= 11 is 0. The molecule has 0 aromatic heterocycles. The number of ether oxygens (including phenoxy) is 1. The second-order valence-corrected chi connectivity index (χ2v) is 4.81. The minimum absolute atomic E-state index is 0.332. The predicted molar refractivity (Wildman–Crippen MR) is 86.0 cm³/mol. The topological polar surface area (TPSA) is 46.5 Å². The fourth-order valence-corrected chi connectivity index (χ4v) is 2.37. The third-order valence-corrected chi connectivity index (χ3v) is 3.37. The van der Waals surface area contributed by atoms with Crippen LogP contribution < -0.4 is 4.74 Å². The molecule has 108 valence electrons. The van der Waals surface area contributed by atoms with Crippen molar-refractivity contribution in [3.05, 3.63) is 78.9 Å². The van der Waals surface area contributed by atoms with Gasteiger partial charge in [-0.1, -0.05) is 66.7 Å². The molecule has 0 aliphatic carbocycles. The first-order valence-corrected chi connectivity index (χ1v) is 6.90. The van der Waals surface area contributed by atoms with Gasteiger partial charge in [-0.05, 0) is 28.8 Å². The van der Waals surface area contributed by atoms with Crippen LogP contribution in [0.25, 0.3) is 22.3 Å². The number of carbonyl (C=O) groups is 1. The normalized spacial score (nSPS) is 10.2. The van der Waals surface area contributed by atoms with Crippen molar-refractivity contribution in [1.29, 1.82) is 0 Å². The summed E-state index contributed by atoms with van der Waals surface area (Å²) in [6, 6.07) is 25.0. The molecule has 0 radical (unpaired) electrons. The van der Waals surface area contributed by atoms with Crippen LogP contribution in [-0.2, 0) is 0 Å². The Labute approximate surface area is 128 Å². The minimum Gasteiger partial charge on any atom is -0.449 e. The fraction of sp³-hybridized carbons (Fsp3) is 0. The SMILES string of the molecule is O=C(O)Oc1ccc(-c2ccccc2)cc1-c1ccccc1. The molecule has 0 atom stereocenters. The molecular formula is C19H14O3. The zero-order valence-corrected chi connectivity index (χ0v) is 11.8. The molecule has 3 rings (SSSR count). The number of benzene rings is 3. The molecule has 3 aromatic carbocycles. The lowest BCUT2D eigenvalue weighted by atomic mass is 9.98. The molecule has 0 amide bonds. The van der Waals surface area contributed by atoms with Crippen molar-refractivity contribution in [1.82, 2.24) is 0 Å². The van der Waals surface area contributed by atoms with Crippen LogP contribution >= 0.6 is 0 Å². The first kappa shape index (κ1) is 13.9. The van der Waals surface area contributed by atoms with E-state index >= 15 is 0 Å². The van der Waals surface area contributed by atoms with Crippen LogP contribution in [0.2, 0.25) is 0 Å². The molecule has 0 bridgehead atoms. The Kier molecular flexibility index (Phi) is 3.88. The first-order chi connectivity index (χ1) is 10.7. The smallest absolute Gasteiger partial charge is 0.449 e. The van der Waals surface area contributed by atoms with Crippen LogP contribution in [0.4, 0.5) is 4.79 Å². The van der Waals surface area contributed by atoms with Gasteiger partial charge in [-0.15, -0.1) is 0 Å². The highest BCUT2D eigenvalue weighted by atomic mass is 16.7. The van der Waals surface area contributed by atoms with Gasteiger partial charge in [-0.25, -0.2) is 4.79 Å². The maximum atomic E-state index is 10.9. The third-order valence-electron chi connectivity index (χ3n) is 3.37. The molecular weight excluding hydrogens is 276 g/mol. The highest BCUT2D eigenvalue weighted by Gasteiger charge is 2.11. The summed E-state index contributed by atoms with van der Waals surface area (Å²) in [5, 5.41) is 8.90. The van der Waals surface area contributed by atoms with E-state index in [1.807, 2.05) is 72.8 Å². The lowest BCUT2D eigenvalue weighted by Gasteiger charge is -2.11. The van der Waals surface area contributed by atoms with E-state index < -0.39 is 6.16 Å². The molecule has 3 nitrogen and oxygen atoms in total. The van der Waals surface area contributed by atoms with Gasteiger partial charge in [-0.3, -0.25) is 0 Å². The van der Waals surface area contributed by atoms with E-state index in [1.54, 1.807) is 6.07 Å². The van der Waals surface area contributed by atoms with Crippen LogP contribution in [0, 0.1) is 0 Å². The summed E-state index contributed by atoms with van der Waals surface area (Å²) < 4.78 is 4.91. The monoisotopic (exact) mass is 290 g/mol. The van der Waals surface area contributed by atoms with Crippen LogP contribution in [0.15, 0.2) is 78.9 Å². The molecule has 0 saturated heterocycles. The Balaban J connectivity index is 2.12. The van der Waals surface area contributed by atoms with E-state index in [-0.39, 0.29) is 0 Å². The van der Waals surface area contributed by atoms with Gasteiger partial charge in [0, 0.05) is 5.56 Å². The Morgan fingerprint density at radius 3 is 1.91 bits per heavy atom. The van der Waals surface area contributed by atoms with Gasteiger partial charge >= 0.3 is 6.16 Å². The Bertz CT molecular complexity index is 780. The van der Waals surface area contributed by atoms with Gasteiger partial charge < -0.3 is 9.84 Å². The number of carboxylic acid groups (broad SMARTS) is 1. The molecule has 0 heterocycles. The second-order valence-electron chi connectivity index (χ2n) is 4.81. The molecule has 3 aromatic rings. The summed E-state index contributed by atoms with van der Waals surface area (Å²) in [5.41, 5.74) is 3.75. The van der Waals surface area contributed by atoms with E-state index in [0.717, 1.165) is 22.3 Å². The van der Waals surface area contributed by atoms with Crippen molar-refractivity contribution in [2.24, 2.45) is 0 Å². The van der Waals surface area contributed by atoms with E-state index in [4.69, 9.17) is 9.84 Å². The Hall–Kier alpha value is -3.07.